The molecule has 4 rings (SSSR count). The molecule has 0 saturated heterocycles. The second kappa shape index (κ2) is 10.0. The van der Waals surface area contributed by atoms with Gasteiger partial charge < -0.3 is 10.2 Å². The summed E-state index contributed by atoms with van der Waals surface area (Å²) in [7, 11) is 0. The van der Waals surface area contributed by atoms with Crippen LogP contribution in [0.25, 0.3) is 0 Å². The Morgan fingerprint density at radius 2 is 1.79 bits per heavy atom. The smallest absolute Gasteiger partial charge is 0.241 e. The number of anilines is 1. The number of rotatable bonds is 6. The summed E-state index contributed by atoms with van der Waals surface area (Å²) in [5.74, 6) is -0.703. The topological polar surface area (TPSA) is 49.4 Å². The molecule has 1 heterocycles. The number of nitrogens with one attached hydrogen (secondary N) is 1. The van der Waals surface area contributed by atoms with Gasteiger partial charge in [-0.2, -0.15) is 0 Å². The van der Waals surface area contributed by atoms with Gasteiger partial charge >= 0.3 is 0 Å². The Balaban J connectivity index is 1.56. The zero-order chi connectivity index (χ0) is 23.5. The van der Waals surface area contributed by atoms with E-state index in [2.05, 4.69) is 37.4 Å². The molecule has 0 radical (unpaired) electrons. The van der Waals surface area contributed by atoms with Crippen molar-refractivity contribution in [2.45, 2.75) is 44.0 Å². The summed E-state index contributed by atoms with van der Waals surface area (Å²) in [6.07, 6.45) is 0. The molecule has 0 spiro atoms. The fourth-order valence-electron chi connectivity index (χ4n) is 3.98. The highest BCUT2D eigenvalue weighted by Crippen LogP contribution is 2.42. The van der Waals surface area contributed by atoms with E-state index in [9.17, 15) is 9.59 Å². The predicted molar refractivity (Wildman–Crippen MR) is 136 cm³/mol. The van der Waals surface area contributed by atoms with Crippen LogP contribution < -0.4 is 10.2 Å². The van der Waals surface area contributed by atoms with Crippen LogP contribution in [-0.4, -0.2) is 17.1 Å². The summed E-state index contributed by atoms with van der Waals surface area (Å²) in [4.78, 5) is 29.5. The van der Waals surface area contributed by atoms with Crippen LogP contribution in [0.3, 0.4) is 0 Å². The van der Waals surface area contributed by atoms with Crippen molar-refractivity contribution in [3.8, 4) is 0 Å². The summed E-state index contributed by atoms with van der Waals surface area (Å²) < 4.78 is 0. The number of amides is 2. The van der Waals surface area contributed by atoms with Crippen LogP contribution >= 0.6 is 23.4 Å². The number of fused-ring (bicyclic) bond motifs is 1. The second-order valence-electron chi connectivity index (χ2n) is 8.46. The van der Waals surface area contributed by atoms with Crippen molar-refractivity contribution in [1.29, 1.82) is 0 Å². The lowest BCUT2D eigenvalue weighted by atomic mass is 10.0. The number of para-hydroxylation sites is 1. The van der Waals surface area contributed by atoms with Gasteiger partial charge in [0.1, 0.15) is 5.25 Å². The monoisotopic (exact) mass is 478 g/mol. The van der Waals surface area contributed by atoms with Crippen molar-refractivity contribution in [2.24, 2.45) is 5.92 Å². The van der Waals surface area contributed by atoms with Crippen LogP contribution in [0.1, 0.15) is 29.2 Å². The predicted octanol–water partition coefficient (Wildman–Crippen LogP) is 5.92. The molecular weight excluding hydrogens is 452 g/mol. The Bertz CT molecular complexity index is 1200. The van der Waals surface area contributed by atoms with Crippen molar-refractivity contribution >= 4 is 40.9 Å². The molecule has 6 heteroatoms. The molecule has 0 saturated carbocycles. The maximum absolute atomic E-state index is 13.7. The van der Waals surface area contributed by atoms with E-state index in [1.807, 2.05) is 54.3 Å². The number of carbonyl (C=O) groups excluding carboxylic acids is 2. The molecule has 0 aliphatic carbocycles. The van der Waals surface area contributed by atoms with Crippen LogP contribution in [0.15, 0.2) is 71.6 Å². The van der Waals surface area contributed by atoms with E-state index in [4.69, 9.17) is 11.6 Å². The zero-order valence-corrected chi connectivity index (χ0v) is 20.5. The number of carbonyl (C=O) groups is 2. The van der Waals surface area contributed by atoms with Crippen molar-refractivity contribution < 1.29 is 9.59 Å². The fraction of sp³-hybridized carbons (Fsp3) is 0.259. The van der Waals surface area contributed by atoms with Gasteiger partial charge in [0.15, 0.2) is 0 Å². The van der Waals surface area contributed by atoms with Gasteiger partial charge in [-0.15, -0.1) is 11.8 Å². The lowest BCUT2D eigenvalue weighted by Crippen LogP contribution is -2.47. The molecular formula is C27H27ClN2O2S. The van der Waals surface area contributed by atoms with Gasteiger partial charge in [0.2, 0.25) is 11.8 Å². The first-order chi connectivity index (χ1) is 15.8. The summed E-state index contributed by atoms with van der Waals surface area (Å²) in [6.45, 7) is 6.75. The number of thioether (sulfide) groups is 1. The van der Waals surface area contributed by atoms with E-state index in [1.165, 1.54) is 11.8 Å². The van der Waals surface area contributed by atoms with Crippen molar-refractivity contribution in [3.05, 3.63) is 94.0 Å². The largest absolute Gasteiger partial charge is 0.352 e. The van der Waals surface area contributed by atoms with E-state index >= 15 is 0 Å². The number of nitrogens with zero attached hydrogens (tertiary/aromatic N) is 1. The average Bonchev–Trinajstić information content (AvgIpc) is 2.81. The van der Waals surface area contributed by atoms with Crippen LogP contribution in [0, 0.1) is 19.8 Å². The third kappa shape index (κ3) is 5.10. The maximum atomic E-state index is 13.7. The molecule has 0 fully saturated rings. The quantitative estimate of drug-likeness (QED) is 0.478. The molecule has 3 aromatic carbocycles. The van der Waals surface area contributed by atoms with Gasteiger partial charge in [-0.25, -0.2) is 0 Å². The summed E-state index contributed by atoms with van der Waals surface area (Å²) >= 11 is 7.69. The highest BCUT2D eigenvalue weighted by Gasteiger charge is 2.39. The lowest BCUT2D eigenvalue weighted by Gasteiger charge is -2.36. The lowest BCUT2D eigenvalue weighted by molar-refractivity contribution is -0.128. The van der Waals surface area contributed by atoms with Crippen LogP contribution in [0.5, 0.6) is 0 Å². The molecule has 0 bridgehead atoms. The number of hydrogen-bond acceptors (Lipinski definition) is 3. The van der Waals surface area contributed by atoms with Crippen molar-refractivity contribution in [1.82, 2.24) is 5.32 Å². The minimum absolute atomic E-state index is 0.0417. The minimum Gasteiger partial charge on any atom is -0.352 e. The van der Waals surface area contributed by atoms with Gasteiger partial charge in [0.25, 0.3) is 0 Å². The van der Waals surface area contributed by atoms with Crippen molar-refractivity contribution in [2.75, 3.05) is 4.90 Å². The van der Waals surface area contributed by atoms with Gasteiger partial charge in [-0.1, -0.05) is 72.6 Å². The standard InChI is InChI=1S/C27H27ClN2O2S/c1-17-12-13-18(2)21(14-17)16-30-23-10-6-7-11-24(23)33-25(27(30)32)19(3)26(31)29-15-20-8-4-5-9-22(20)28/h4-14,19,25H,15-16H2,1-3H3,(H,29,31). The number of aryl methyl sites for hydroxylation is 2. The second-order valence-corrected chi connectivity index (χ2v) is 10.0. The summed E-state index contributed by atoms with van der Waals surface area (Å²) in [5.41, 5.74) is 5.16. The Kier molecular flexibility index (Phi) is 7.11. The Morgan fingerprint density at radius 3 is 2.58 bits per heavy atom. The van der Waals surface area contributed by atoms with Crippen molar-refractivity contribution in [3.63, 3.8) is 0 Å². The highest BCUT2D eigenvalue weighted by atomic mass is 35.5. The third-order valence-corrected chi connectivity index (χ3v) is 7.86. The summed E-state index contributed by atoms with van der Waals surface area (Å²) in [5, 5.41) is 3.06. The van der Waals surface area contributed by atoms with Gasteiger partial charge in [-0.3, -0.25) is 9.59 Å². The van der Waals surface area contributed by atoms with Gasteiger partial charge in [0, 0.05) is 16.5 Å². The molecule has 0 aromatic heterocycles. The molecule has 1 N–H and O–H groups in total. The van der Waals surface area contributed by atoms with E-state index in [-0.39, 0.29) is 11.8 Å². The number of benzene rings is 3. The molecule has 1 aliphatic heterocycles. The Morgan fingerprint density at radius 1 is 1.06 bits per heavy atom. The average molecular weight is 479 g/mol. The Labute approximate surface area is 204 Å². The van der Waals surface area contributed by atoms with E-state index in [0.717, 1.165) is 32.8 Å². The number of hydrogen-bond donors (Lipinski definition) is 1. The van der Waals surface area contributed by atoms with Crippen LogP contribution in [0.4, 0.5) is 5.69 Å². The Hall–Kier alpha value is -2.76. The SMILES string of the molecule is Cc1ccc(C)c(CN2C(=O)C(C(C)C(=O)NCc3ccccc3Cl)Sc3ccccc32)c1. The highest BCUT2D eigenvalue weighted by molar-refractivity contribution is 8.01. The first-order valence-electron chi connectivity index (χ1n) is 11.0. The molecule has 2 unspecified atom stereocenters. The summed E-state index contributed by atoms with van der Waals surface area (Å²) in [6, 6.07) is 21.6. The molecule has 170 valence electrons. The molecule has 2 atom stereocenters. The molecule has 1 aliphatic rings. The first kappa shape index (κ1) is 23.4. The normalized spacial score (nSPS) is 16.3. The van der Waals surface area contributed by atoms with E-state index in [0.29, 0.717) is 18.1 Å². The fourth-order valence-corrected chi connectivity index (χ4v) is 5.47. The molecule has 2 amide bonds. The molecule has 3 aromatic rings. The third-order valence-electron chi connectivity index (χ3n) is 6.03. The molecule has 33 heavy (non-hydrogen) atoms. The van der Waals surface area contributed by atoms with E-state index < -0.39 is 11.2 Å². The molecule has 4 nitrogen and oxygen atoms in total. The van der Waals surface area contributed by atoms with Crippen LogP contribution in [-0.2, 0) is 22.7 Å². The maximum Gasteiger partial charge on any atom is 0.241 e. The van der Waals surface area contributed by atoms with Gasteiger partial charge in [-0.05, 0) is 48.7 Å². The van der Waals surface area contributed by atoms with Gasteiger partial charge in [0.05, 0.1) is 18.2 Å². The number of halogens is 1. The minimum atomic E-state index is -0.503. The van der Waals surface area contributed by atoms with Crippen LogP contribution in [0.2, 0.25) is 5.02 Å². The zero-order valence-electron chi connectivity index (χ0n) is 19.0. The van der Waals surface area contributed by atoms with E-state index in [1.54, 1.807) is 6.07 Å². The first-order valence-corrected chi connectivity index (χ1v) is 12.2.